The lowest BCUT2D eigenvalue weighted by atomic mass is 10.1. The van der Waals surface area contributed by atoms with Crippen LogP contribution in [0.15, 0.2) is 21.7 Å². The van der Waals surface area contributed by atoms with Crippen LogP contribution in [-0.2, 0) is 10.0 Å². The van der Waals surface area contributed by atoms with E-state index in [4.69, 9.17) is 0 Å². The Bertz CT molecular complexity index is 463. The zero-order valence-electron chi connectivity index (χ0n) is 9.66. The molecule has 1 aliphatic heterocycles. The Morgan fingerprint density at radius 2 is 2.00 bits per heavy atom. The highest BCUT2D eigenvalue weighted by Crippen LogP contribution is 2.25. The molecule has 4 nitrogen and oxygen atoms in total. The van der Waals surface area contributed by atoms with Crippen LogP contribution in [-0.4, -0.2) is 48.7 Å². The van der Waals surface area contributed by atoms with Crippen molar-refractivity contribution in [2.75, 3.05) is 29.6 Å². The number of sulfonamides is 1. The Balaban J connectivity index is 1.98. The van der Waals surface area contributed by atoms with Crippen LogP contribution in [0.25, 0.3) is 0 Å². The molecule has 0 aliphatic carbocycles. The molecule has 2 heterocycles. The molecule has 1 fully saturated rings. The second-order valence-corrected chi connectivity index (χ2v) is 9.24. The standard InChI is InChI=1S/C10H15NO3S4/c12-10(7-15-4-5-16-8-10)6-11-18(13,14)9-2-1-3-17-9/h1-3,11-12H,4-8H2. The minimum Gasteiger partial charge on any atom is -0.387 e. The predicted octanol–water partition coefficient (Wildman–Crippen LogP) is 1.24. The van der Waals surface area contributed by atoms with Crippen molar-refractivity contribution in [2.24, 2.45) is 0 Å². The average Bonchev–Trinajstić information content (AvgIpc) is 2.79. The van der Waals surface area contributed by atoms with Gasteiger partial charge in [0.1, 0.15) is 4.21 Å². The van der Waals surface area contributed by atoms with E-state index in [1.807, 2.05) is 0 Å². The maximum Gasteiger partial charge on any atom is 0.250 e. The Hall–Kier alpha value is 0.270. The molecule has 1 aromatic heterocycles. The first kappa shape index (κ1) is 14.7. The Kier molecular flexibility index (Phi) is 5.01. The van der Waals surface area contributed by atoms with Crippen LogP contribution < -0.4 is 4.72 Å². The number of aliphatic hydroxyl groups is 1. The van der Waals surface area contributed by atoms with E-state index in [1.165, 1.54) is 11.3 Å². The number of rotatable bonds is 4. The van der Waals surface area contributed by atoms with Gasteiger partial charge in [-0.25, -0.2) is 13.1 Å². The molecular formula is C10H15NO3S4. The van der Waals surface area contributed by atoms with E-state index in [0.717, 1.165) is 11.5 Å². The van der Waals surface area contributed by atoms with Gasteiger partial charge in [0.25, 0.3) is 0 Å². The first-order valence-electron chi connectivity index (χ1n) is 5.43. The molecule has 18 heavy (non-hydrogen) atoms. The molecule has 0 radical (unpaired) electrons. The summed E-state index contributed by atoms with van der Waals surface area (Å²) in [6.45, 7) is 0.0766. The van der Waals surface area contributed by atoms with Crippen molar-refractivity contribution >= 4 is 44.9 Å². The summed E-state index contributed by atoms with van der Waals surface area (Å²) in [7, 11) is -3.48. The zero-order valence-corrected chi connectivity index (χ0v) is 12.9. The second kappa shape index (κ2) is 6.15. The van der Waals surface area contributed by atoms with Crippen molar-refractivity contribution in [3.63, 3.8) is 0 Å². The Morgan fingerprint density at radius 1 is 1.33 bits per heavy atom. The van der Waals surface area contributed by atoms with Gasteiger partial charge in [0.15, 0.2) is 0 Å². The van der Waals surface area contributed by atoms with Crippen molar-refractivity contribution in [1.82, 2.24) is 4.72 Å². The number of nitrogens with one attached hydrogen (secondary N) is 1. The third-order valence-corrected chi connectivity index (χ3v) is 7.99. The smallest absolute Gasteiger partial charge is 0.250 e. The third-order valence-electron chi connectivity index (χ3n) is 2.46. The summed E-state index contributed by atoms with van der Waals surface area (Å²) in [6, 6.07) is 3.26. The molecular weight excluding hydrogens is 310 g/mol. The highest BCUT2D eigenvalue weighted by atomic mass is 32.2. The van der Waals surface area contributed by atoms with Gasteiger partial charge in [0.05, 0.1) is 5.60 Å². The minimum absolute atomic E-state index is 0.0766. The number of thioether (sulfide) groups is 2. The number of thiophene rings is 1. The molecule has 1 aliphatic rings. The number of hydrogen-bond donors (Lipinski definition) is 2. The fourth-order valence-corrected chi connectivity index (χ4v) is 6.19. The molecule has 0 aromatic carbocycles. The van der Waals surface area contributed by atoms with Crippen LogP contribution >= 0.6 is 34.9 Å². The van der Waals surface area contributed by atoms with E-state index < -0.39 is 15.6 Å². The van der Waals surface area contributed by atoms with Gasteiger partial charge < -0.3 is 5.11 Å². The van der Waals surface area contributed by atoms with Crippen molar-refractivity contribution in [3.05, 3.63) is 17.5 Å². The van der Waals surface area contributed by atoms with E-state index in [-0.39, 0.29) is 6.54 Å². The first-order valence-corrected chi connectivity index (χ1v) is 10.1. The highest BCUT2D eigenvalue weighted by Gasteiger charge is 2.31. The summed E-state index contributed by atoms with van der Waals surface area (Å²) in [6.07, 6.45) is 0. The van der Waals surface area contributed by atoms with E-state index in [9.17, 15) is 13.5 Å². The molecule has 0 saturated carbocycles. The van der Waals surface area contributed by atoms with Gasteiger partial charge in [0, 0.05) is 29.6 Å². The predicted molar refractivity (Wildman–Crippen MR) is 79.1 cm³/mol. The summed E-state index contributed by atoms with van der Waals surface area (Å²) in [5.41, 5.74) is -0.948. The van der Waals surface area contributed by atoms with Gasteiger partial charge in [-0.05, 0) is 11.4 Å². The average molecular weight is 326 g/mol. The highest BCUT2D eigenvalue weighted by molar-refractivity contribution is 8.03. The van der Waals surface area contributed by atoms with Gasteiger partial charge in [-0.15, -0.1) is 11.3 Å². The van der Waals surface area contributed by atoms with Crippen LogP contribution in [0.2, 0.25) is 0 Å². The summed E-state index contributed by atoms with van der Waals surface area (Å²) in [5, 5.41) is 12.1. The maximum absolute atomic E-state index is 11.9. The SMILES string of the molecule is O=S(=O)(NCC1(O)CSCCSC1)c1cccs1. The summed E-state index contributed by atoms with van der Waals surface area (Å²) in [5.74, 6) is 3.16. The quantitative estimate of drug-likeness (QED) is 0.872. The van der Waals surface area contributed by atoms with Crippen LogP contribution in [0, 0.1) is 0 Å². The molecule has 2 N–H and O–H groups in total. The maximum atomic E-state index is 11.9. The first-order chi connectivity index (χ1) is 8.52. The molecule has 2 rings (SSSR count). The molecule has 102 valence electrons. The summed E-state index contributed by atoms with van der Waals surface area (Å²) >= 11 is 4.51. The van der Waals surface area contributed by atoms with Crippen LogP contribution in [0.3, 0.4) is 0 Å². The van der Waals surface area contributed by atoms with E-state index in [0.29, 0.717) is 15.7 Å². The molecule has 1 saturated heterocycles. The fourth-order valence-electron chi connectivity index (χ4n) is 1.50. The lowest BCUT2D eigenvalue weighted by Gasteiger charge is -2.25. The van der Waals surface area contributed by atoms with E-state index >= 15 is 0 Å². The molecule has 0 amide bonds. The van der Waals surface area contributed by atoms with Gasteiger partial charge in [-0.3, -0.25) is 0 Å². The van der Waals surface area contributed by atoms with Gasteiger partial charge in [-0.2, -0.15) is 23.5 Å². The molecule has 0 unspecified atom stereocenters. The van der Waals surface area contributed by atoms with Crippen LogP contribution in [0.4, 0.5) is 0 Å². The second-order valence-electron chi connectivity index (χ2n) is 4.09. The van der Waals surface area contributed by atoms with Crippen LogP contribution in [0.5, 0.6) is 0 Å². The van der Waals surface area contributed by atoms with Crippen molar-refractivity contribution in [1.29, 1.82) is 0 Å². The topological polar surface area (TPSA) is 66.4 Å². The molecule has 0 bridgehead atoms. The van der Waals surface area contributed by atoms with Crippen molar-refractivity contribution in [2.45, 2.75) is 9.81 Å². The third kappa shape index (κ3) is 3.88. The Labute approximate surface area is 120 Å². The molecule has 1 aromatic rings. The minimum atomic E-state index is -3.48. The fraction of sp³-hybridized carbons (Fsp3) is 0.600. The monoisotopic (exact) mass is 325 g/mol. The van der Waals surface area contributed by atoms with Gasteiger partial charge >= 0.3 is 0 Å². The van der Waals surface area contributed by atoms with Crippen molar-refractivity contribution in [3.8, 4) is 0 Å². The van der Waals surface area contributed by atoms with Crippen LogP contribution in [0.1, 0.15) is 0 Å². The molecule has 0 atom stereocenters. The zero-order chi connectivity index (χ0) is 13.1. The van der Waals surface area contributed by atoms with Gasteiger partial charge in [0.2, 0.25) is 10.0 Å². The summed E-state index contributed by atoms with van der Waals surface area (Å²) in [4.78, 5) is 0. The van der Waals surface area contributed by atoms with Gasteiger partial charge in [-0.1, -0.05) is 6.07 Å². The van der Waals surface area contributed by atoms with Crippen molar-refractivity contribution < 1.29 is 13.5 Å². The molecule has 8 heteroatoms. The Morgan fingerprint density at radius 3 is 2.56 bits per heavy atom. The lowest BCUT2D eigenvalue weighted by molar-refractivity contribution is 0.0962. The number of hydrogen-bond acceptors (Lipinski definition) is 6. The van der Waals surface area contributed by atoms with E-state index in [2.05, 4.69) is 4.72 Å². The largest absolute Gasteiger partial charge is 0.387 e. The molecule has 0 spiro atoms. The normalized spacial score (nSPS) is 20.5. The lowest BCUT2D eigenvalue weighted by Crippen LogP contribution is -2.46. The summed E-state index contributed by atoms with van der Waals surface area (Å²) < 4.78 is 26.7. The van der Waals surface area contributed by atoms with E-state index in [1.54, 1.807) is 41.0 Å².